The molecule has 194 valence electrons. The molecular formula is C37H21N5. The zero-order valence-electron chi connectivity index (χ0n) is 22.4. The van der Waals surface area contributed by atoms with E-state index < -0.39 is 0 Å². The number of pyridine rings is 5. The predicted octanol–water partition coefficient (Wildman–Crippen LogP) is 8.91. The lowest BCUT2D eigenvalue weighted by atomic mass is 9.96. The lowest BCUT2D eigenvalue weighted by Gasteiger charge is -2.13. The highest BCUT2D eigenvalue weighted by molar-refractivity contribution is 6.16. The molecule has 5 aromatic heterocycles. The molecule has 0 spiro atoms. The molecule has 0 saturated heterocycles. The fourth-order valence-electron chi connectivity index (χ4n) is 6.21. The van der Waals surface area contributed by atoms with E-state index in [-0.39, 0.29) is 0 Å². The minimum Gasteiger partial charge on any atom is -0.254 e. The third-order valence-electron chi connectivity index (χ3n) is 8.16. The summed E-state index contributed by atoms with van der Waals surface area (Å²) in [6.07, 6.45) is 5.52. The van der Waals surface area contributed by atoms with Crippen molar-refractivity contribution in [3.8, 4) is 22.4 Å². The second-order valence-electron chi connectivity index (χ2n) is 10.5. The van der Waals surface area contributed by atoms with Gasteiger partial charge in [0.1, 0.15) is 0 Å². The summed E-state index contributed by atoms with van der Waals surface area (Å²) >= 11 is 0. The molecule has 0 fully saturated rings. The van der Waals surface area contributed by atoms with Gasteiger partial charge in [-0.1, -0.05) is 66.7 Å². The van der Waals surface area contributed by atoms with Gasteiger partial charge in [-0.25, -0.2) is 9.97 Å². The molecule has 0 bridgehead atoms. The van der Waals surface area contributed by atoms with E-state index in [2.05, 4.69) is 106 Å². The van der Waals surface area contributed by atoms with Gasteiger partial charge >= 0.3 is 0 Å². The fourth-order valence-corrected chi connectivity index (χ4v) is 6.21. The van der Waals surface area contributed by atoms with E-state index in [1.165, 1.54) is 0 Å². The van der Waals surface area contributed by atoms with E-state index in [0.717, 1.165) is 87.8 Å². The monoisotopic (exact) mass is 535 g/mol. The third-order valence-corrected chi connectivity index (χ3v) is 8.16. The van der Waals surface area contributed by atoms with Gasteiger partial charge in [0.2, 0.25) is 0 Å². The topological polar surface area (TPSA) is 64.5 Å². The van der Waals surface area contributed by atoms with Crippen LogP contribution in [0.25, 0.3) is 87.8 Å². The maximum Gasteiger partial charge on any atom is 0.0979 e. The molecular weight excluding hydrogens is 514 g/mol. The molecule has 0 saturated carbocycles. The Morgan fingerprint density at radius 1 is 0.405 bits per heavy atom. The molecule has 0 unspecified atom stereocenters. The second-order valence-corrected chi connectivity index (χ2v) is 10.5. The number of benzene rings is 4. The number of fused-ring (bicyclic) bond motifs is 8. The van der Waals surface area contributed by atoms with Gasteiger partial charge in [-0.3, -0.25) is 15.0 Å². The number of hydrogen-bond donors (Lipinski definition) is 0. The molecule has 0 N–H and O–H groups in total. The van der Waals surface area contributed by atoms with E-state index in [4.69, 9.17) is 9.97 Å². The summed E-state index contributed by atoms with van der Waals surface area (Å²) in [6, 6.07) is 37.7. The highest BCUT2D eigenvalue weighted by Gasteiger charge is 2.16. The summed E-state index contributed by atoms with van der Waals surface area (Å²) in [6.45, 7) is 0. The molecule has 9 rings (SSSR count). The van der Waals surface area contributed by atoms with Crippen molar-refractivity contribution in [1.29, 1.82) is 0 Å². The first kappa shape index (κ1) is 22.9. The molecule has 0 aliphatic rings. The summed E-state index contributed by atoms with van der Waals surface area (Å²) in [5.41, 5.74) is 9.75. The Hall–Kier alpha value is -5.81. The molecule has 0 aliphatic carbocycles. The summed E-state index contributed by atoms with van der Waals surface area (Å²) in [5.74, 6) is 0. The van der Waals surface area contributed by atoms with Crippen LogP contribution in [0.2, 0.25) is 0 Å². The van der Waals surface area contributed by atoms with Gasteiger partial charge in [0.15, 0.2) is 0 Å². The summed E-state index contributed by atoms with van der Waals surface area (Å²) in [4.78, 5) is 24.2. The van der Waals surface area contributed by atoms with Crippen LogP contribution in [0.15, 0.2) is 128 Å². The van der Waals surface area contributed by atoms with Crippen LogP contribution in [-0.2, 0) is 0 Å². The first-order valence-electron chi connectivity index (χ1n) is 13.9. The van der Waals surface area contributed by atoms with Crippen LogP contribution in [0, 0.1) is 0 Å². The van der Waals surface area contributed by atoms with Gasteiger partial charge in [-0.05, 0) is 53.6 Å². The van der Waals surface area contributed by atoms with Crippen molar-refractivity contribution in [3.63, 3.8) is 0 Å². The predicted molar refractivity (Wildman–Crippen MR) is 171 cm³/mol. The van der Waals surface area contributed by atoms with E-state index >= 15 is 0 Å². The maximum absolute atomic E-state index is 5.19. The van der Waals surface area contributed by atoms with Gasteiger partial charge < -0.3 is 0 Å². The minimum absolute atomic E-state index is 0.894. The van der Waals surface area contributed by atoms with Crippen molar-refractivity contribution in [3.05, 3.63) is 128 Å². The van der Waals surface area contributed by atoms with Crippen LogP contribution in [0.4, 0.5) is 0 Å². The molecule has 9 aromatic rings. The molecule has 0 atom stereocenters. The van der Waals surface area contributed by atoms with E-state index in [1.54, 1.807) is 0 Å². The SMILES string of the molecule is c1cnc2c(c1)ccc1c(-c3ccc4nc(-c5c6ccccc6nc6c5ccc5cccnc56)ccc4c3)ccnc12. The quantitative estimate of drug-likeness (QED) is 0.163. The summed E-state index contributed by atoms with van der Waals surface area (Å²) in [5, 5.41) is 6.45. The third kappa shape index (κ3) is 3.40. The van der Waals surface area contributed by atoms with Crippen molar-refractivity contribution in [1.82, 2.24) is 24.9 Å². The van der Waals surface area contributed by atoms with Crippen molar-refractivity contribution in [2.75, 3.05) is 0 Å². The zero-order valence-corrected chi connectivity index (χ0v) is 22.4. The lowest BCUT2D eigenvalue weighted by Crippen LogP contribution is -1.94. The molecule has 0 radical (unpaired) electrons. The maximum atomic E-state index is 5.19. The number of para-hydroxylation sites is 1. The Morgan fingerprint density at radius 2 is 1.14 bits per heavy atom. The van der Waals surface area contributed by atoms with Crippen molar-refractivity contribution in [2.24, 2.45) is 0 Å². The molecule has 42 heavy (non-hydrogen) atoms. The number of nitrogens with zero attached hydrogens (tertiary/aromatic N) is 5. The smallest absolute Gasteiger partial charge is 0.0979 e. The second kappa shape index (κ2) is 8.85. The summed E-state index contributed by atoms with van der Waals surface area (Å²) in [7, 11) is 0. The fraction of sp³-hybridized carbons (Fsp3) is 0. The van der Waals surface area contributed by atoms with Crippen LogP contribution < -0.4 is 0 Å². The highest BCUT2D eigenvalue weighted by Crippen LogP contribution is 2.38. The van der Waals surface area contributed by atoms with E-state index in [0.29, 0.717) is 0 Å². The van der Waals surface area contributed by atoms with Gasteiger partial charge in [0.05, 0.1) is 38.8 Å². The molecule has 0 aliphatic heterocycles. The van der Waals surface area contributed by atoms with Crippen molar-refractivity contribution < 1.29 is 0 Å². The average molecular weight is 536 g/mol. The molecule has 5 nitrogen and oxygen atoms in total. The Kier molecular flexibility index (Phi) is 4.83. The van der Waals surface area contributed by atoms with Gasteiger partial charge in [-0.15, -0.1) is 0 Å². The largest absolute Gasteiger partial charge is 0.254 e. The van der Waals surface area contributed by atoms with Gasteiger partial charge in [0.25, 0.3) is 0 Å². The number of rotatable bonds is 2. The molecule has 0 amide bonds. The average Bonchev–Trinajstić information content (AvgIpc) is 3.06. The Morgan fingerprint density at radius 3 is 2.00 bits per heavy atom. The number of aromatic nitrogens is 5. The number of hydrogen-bond acceptors (Lipinski definition) is 5. The zero-order chi connectivity index (χ0) is 27.6. The molecule has 5 heterocycles. The Balaban J connectivity index is 1.24. The van der Waals surface area contributed by atoms with Gasteiger partial charge in [-0.2, -0.15) is 0 Å². The molecule has 5 heteroatoms. The lowest BCUT2D eigenvalue weighted by molar-refractivity contribution is 1.37. The van der Waals surface area contributed by atoms with Crippen LogP contribution in [0.5, 0.6) is 0 Å². The van der Waals surface area contributed by atoms with Crippen LogP contribution in [0.3, 0.4) is 0 Å². The van der Waals surface area contributed by atoms with Gasteiger partial charge in [0, 0.05) is 56.5 Å². The summed E-state index contributed by atoms with van der Waals surface area (Å²) < 4.78 is 0. The first-order valence-corrected chi connectivity index (χ1v) is 13.9. The Labute approximate surface area is 240 Å². The normalized spacial score (nSPS) is 11.8. The highest BCUT2D eigenvalue weighted by atomic mass is 14.8. The van der Waals surface area contributed by atoms with E-state index in [9.17, 15) is 0 Å². The van der Waals surface area contributed by atoms with Crippen molar-refractivity contribution in [2.45, 2.75) is 0 Å². The standard InChI is InChI=1S/C37H21N5/c1-2-8-31-28(7-1)33(29-14-10-23-6-4-19-39-35(23)37(29)42-31)32-16-12-25-21-24(11-15-30(25)41-32)26-17-20-40-36-27(26)13-9-22-5-3-18-38-34(22)36/h1-21H. The van der Waals surface area contributed by atoms with Crippen LogP contribution >= 0.6 is 0 Å². The molecule has 4 aromatic carbocycles. The minimum atomic E-state index is 0.894. The van der Waals surface area contributed by atoms with Crippen LogP contribution in [0.1, 0.15) is 0 Å². The first-order chi connectivity index (χ1) is 20.8. The van der Waals surface area contributed by atoms with Crippen molar-refractivity contribution >= 4 is 65.4 Å². The van der Waals surface area contributed by atoms with E-state index in [1.807, 2.05) is 36.8 Å². The Bertz CT molecular complexity index is 2540. The van der Waals surface area contributed by atoms with Crippen LogP contribution in [-0.4, -0.2) is 24.9 Å².